The predicted molar refractivity (Wildman–Crippen MR) is 105 cm³/mol. The van der Waals surface area contributed by atoms with Crippen LogP contribution in [0.15, 0.2) is 23.1 Å². The van der Waals surface area contributed by atoms with E-state index in [1.807, 2.05) is 12.1 Å². The standard InChI is InChI=1S/C20H28N2O3S/c1-20(2,3)11-18-21-16-10-15(26-13-19(23)24)4-5-17(16)22(18)12-14-6-8-25-9-7-14/h4-5,10,14H,6-9,11-13H2,1-3H3,(H,23,24). The zero-order valence-electron chi connectivity index (χ0n) is 15.8. The lowest BCUT2D eigenvalue weighted by Gasteiger charge is -2.25. The molecule has 0 spiro atoms. The monoisotopic (exact) mass is 376 g/mol. The zero-order valence-corrected chi connectivity index (χ0v) is 16.6. The maximum Gasteiger partial charge on any atom is 0.313 e. The van der Waals surface area contributed by atoms with Crippen LogP contribution in [-0.4, -0.2) is 39.6 Å². The predicted octanol–water partition coefficient (Wildman–Crippen LogP) is 4.23. The second-order valence-electron chi connectivity index (χ2n) is 8.26. The number of ether oxygens (including phenoxy) is 1. The Balaban J connectivity index is 1.92. The average Bonchev–Trinajstić information content (AvgIpc) is 2.88. The molecule has 0 radical (unpaired) electrons. The fourth-order valence-corrected chi connectivity index (χ4v) is 4.04. The molecule has 1 N–H and O–H groups in total. The molecule has 2 heterocycles. The SMILES string of the molecule is CC(C)(C)Cc1nc2cc(SCC(=O)O)ccc2n1CC1CCOCC1. The summed E-state index contributed by atoms with van der Waals surface area (Å²) in [5.74, 6) is 1.03. The third-order valence-electron chi connectivity index (χ3n) is 4.63. The van der Waals surface area contributed by atoms with E-state index in [2.05, 4.69) is 31.4 Å². The van der Waals surface area contributed by atoms with Gasteiger partial charge in [-0.25, -0.2) is 4.98 Å². The minimum atomic E-state index is -0.798. The summed E-state index contributed by atoms with van der Waals surface area (Å²) in [6.07, 6.45) is 3.12. The van der Waals surface area contributed by atoms with Gasteiger partial charge in [0.15, 0.2) is 0 Å². The summed E-state index contributed by atoms with van der Waals surface area (Å²) < 4.78 is 7.88. The summed E-state index contributed by atoms with van der Waals surface area (Å²) >= 11 is 1.34. The van der Waals surface area contributed by atoms with Crippen molar-refractivity contribution in [3.63, 3.8) is 0 Å². The highest BCUT2D eigenvalue weighted by Gasteiger charge is 2.22. The van der Waals surface area contributed by atoms with Crippen molar-refractivity contribution in [3.05, 3.63) is 24.0 Å². The fourth-order valence-electron chi connectivity index (χ4n) is 3.39. The van der Waals surface area contributed by atoms with Gasteiger partial charge < -0.3 is 14.4 Å². The summed E-state index contributed by atoms with van der Waals surface area (Å²) in [7, 11) is 0. The lowest BCUT2D eigenvalue weighted by molar-refractivity contribution is -0.133. The average molecular weight is 377 g/mol. The van der Waals surface area contributed by atoms with Gasteiger partial charge in [-0.2, -0.15) is 0 Å². The van der Waals surface area contributed by atoms with Crippen molar-refractivity contribution >= 4 is 28.8 Å². The van der Waals surface area contributed by atoms with Crippen molar-refractivity contribution in [1.82, 2.24) is 9.55 Å². The molecule has 5 nitrogen and oxygen atoms in total. The van der Waals surface area contributed by atoms with Crippen LogP contribution < -0.4 is 0 Å². The largest absolute Gasteiger partial charge is 0.481 e. The van der Waals surface area contributed by atoms with Crippen LogP contribution in [0.25, 0.3) is 11.0 Å². The Labute approximate surface area is 159 Å². The Bertz CT molecular complexity index is 773. The molecule has 1 aliphatic rings. The summed E-state index contributed by atoms with van der Waals surface area (Å²) in [6, 6.07) is 6.13. The van der Waals surface area contributed by atoms with Crippen LogP contribution in [0.5, 0.6) is 0 Å². The van der Waals surface area contributed by atoms with E-state index in [1.165, 1.54) is 11.8 Å². The van der Waals surface area contributed by atoms with Crippen molar-refractivity contribution in [2.75, 3.05) is 19.0 Å². The van der Waals surface area contributed by atoms with Gasteiger partial charge in [-0.3, -0.25) is 4.79 Å². The molecule has 0 amide bonds. The molecule has 0 aliphatic carbocycles. The van der Waals surface area contributed by atoms with Gasteiger partial charge in [-0.15, -0.1) is 11.8 Å². The van der Waals surface area contributed by atoms with E-state index in [4.69, 9.17) is 14.8 Å². The third kappa shape index (κ3) is 5.01. The first-order chi connectivity index (χ1) is 12.3. The Morgan fingerprint density at radius 2 is 2.08 bits per heavy atom. The molecule has 142 valence electrons. The third-order valence-corrected chi connectivity index (χ3v) is 5.61. The van der Waals surface area contributed by atoms with Crippen LogP contribution in [0.4, 0.5) is 0 Å². The van der Waals surface area contributed by atoms with E-state index in [9.17, 15) is 4.79 Å². The quantitative estimate of drug-likeness (QED) is 0.765. The summed E-state index contributed by atoms with van der Waals surface area (Å²) in [4.78, 5) is 16.7. The number of aromatic nitrogens is 2. The number of hydrogen-bond donors (Lipinski definition) is 1. The van der Waals surface area contributed by atoms with Crippen LogP contribution in [0.1, 0.15) is 39.4 Å². The summed E-state index contributed by atoms with van der Waals surface area (Å²) in [6.45, 7) is 9.38. The maximum atomic E-state index is 10.8. The Morgan fingerprint density at radius 3 is 2.73 bits per heavy atom. The Morgan fingerprint density at radius 1 is 1.35 bits per heavy atom. The van der Waals surface area contributed by atoms with Gasteiger partial charge in [-0.1, -0.05) is 20.8 Å². The molecule has 2 aromatic rings. The molecule has 26 heavy (non-hydrogen) atoms. The highest BCUT2D eigenvalue weighted by atomic mass is 32.2. The normalized spacial score (nSPS) is 16.3. The number of imidazole rings is 1. The first-order valence-electron chi connectivity index (χ1n) is 9.23. The van der Waals surface area contributed by atoms with E-state index < -0.39 is 5.97 Å². The molecule has 0 saturated carbocycles. The topological polar surface area (TPSA) is 64.3 Å². The Hall–Kier alpha value is -1.53. The Kier molecular flexibility index (Phi) is 5.92. The van der Waals surface area contributed by atoms with Gasteiger partial charge in [0.05, 0.1) is 16.8 Å². The number of fused-ring (bicyclic) bond motifs is 1. The first-order valence-corrected chi connectivity index (χ1v) is 10.2. The molecule has 1 fully saturated rings. The van der Waals surface area contributed by atoms with E-state index >= 15 is 0 Å². The molecule has 0 atom stereocenters. The van der Waals surface area contributed by atoms with Gasteiger partial charge in [-0.05, 0) is 42.4 Å². The van der Waals surface area contributed by atoms with E-state index in [0.29, 0.717) is 5.92 Å². The lowest BCUT2D eigenvalue weighted by Crippen LogP contribution is -2.22. The van der Waals surface area contributed by atoms with Crippen LogP contribution in [0.2, 0.25) is 0 Å². The summed E-state index contributed by atoms with van der Waals surface area (Å²) in [5, 5.41) is 8.90. The zero-order chi connectivity index (χ0) is 18.7. The smallest absolute Gasteiger partial charge is 0.313 e. The van der Waals surface area contributed by atoms with Gasteiger partial charge >= 0.3 is 5.97 Å². The van der Waals surface area contributed by atoms with Crippen LogP contribution in [0.3, 0.4) is 0 Å². The number of carboxylic acids is 1. The lowest BCUT2D eigenvalue weighted by atomic mass is 9.91. The number of thioether (sulfide) groups is 1. The van der Waals surface area contributed by atoms with Crippen molar-refractivity contribution < 1.29 is 14.6 Å². The highest BCUT2D eigenvalue weighted by Crippen LogP contribution is 2.29. The van der Waals surface area contributed by atoms with Gasteiger partial charge in [0.25, 0.3) is 0 Å². The first kappa shape index (κ1) is 19.2. The van der Waals surface area contributed by atoms with Crippen LogP contribution in [-0.2, 0) is 22.5 Å². The van der Waals surface area contributed by atoms with Crippen molar-refractivity contribution in [2.45, 2.75) is 51.5 Å². The van der Waals surface area contributed by atoms with Crippen LogP contribution >= 0.6 is 11.8 Å². The minimum Gasteiger partial charge on any atom is -0.481 e. The molecule has 1 aliphatic heterocycles. The fraction of sp³-hybridized carbons (Fsp3) is 0.600. The molecule has 0 bridgehead atoms. The van der Waals surface area contributed by atoms with Crippen molar-refractivity contribution in [3.8, 4) is 0 Å². The number of carbonyl (C=O) groups is 1. The maximum absolute atomic E-state index is 10.8. The molecule has 1 aromatic carbocycles. The minimum absolute atomic E-state index is 0.0726. The molecule has 1 aromatic heterocycles. The second kappa shape index (κ2) is 8.01. The van der Waals surface area contributed by atoms with Crippen molar-refractivity contribution in [2.24, 2.45) is 11.3 Å². The van der Waals surface area contributed by atoms with E-state index in [0.717, 1.165) is 60.8 Å². The van der Waals surface area contributed by atoms with E-state index in [-0.39, 0.29) is 11.2 Å². The number of hydrogen-bond acceptors (Lipinski definition) is 4. The molecule has 3 rings (SSSR count). The molecular weight excluding hydrogens is 348 g/mol. The molecule has 1 saturated heterocycles. The molecular formula is C20H28N2O3S. The van der Waals surface area contributed by atoms with Crippen molar-refractivity contribution in [1.29, 1.82) is 0 Å². The van der Waals surface area contributed by atoms with Gasteiger partial charge in [0.2, 0.25) is 0 Å². The second-order valence-corrected chi connectivity index (χ2v) is 9.31. The number of carboxylic acid groups (broad SMARTS) is 1. The van der Waals surface area contributed by atoms with Gasteiger partial charge in [0, 0.05) is 31.1 Å². The molecule has 0 unspecified atom stereocenters. The van der Waals surface area contributed by atoms with E-state index in [1.54, 1.807) is 0 Å². The molecule has 6 heteroatoms. The summed E-state index contributed by atoms with van der Waals surface area (Å²) in [5.41, 5.74) is 2.28. The van der Waals surface area contributed by atoms with Crippen LogP contribution in [0, 0.1) is 11.3 Å². The number of benzene rings is 1. The van der Waals surface area contributed by atoms with Gasteiger partial charge in [0.1, 0.15) is 5.82 Å². The number of aliphatic carboxylic acids is 1. The number of rotatable bonds is 6. The highest BCUT2D eigenvalue weighted by molar-refractivity contribution is 8.00. The number of nitrogens with zero attached hydrogens (tertiary/aromatic N) is 2.